The van der Waals surface area contributed by atoms with Crippen molar-refractivity contribution in [3.63, 3.8) is 0 Å². The van der Waals surface area contributed by atoms with Crippen LogP contribution in [-0.4, -0.2) is 74.5 Å². The van der Waals surface area contributed by atoms with Gasteiger partial charge in [-0.2, -0.15) is 0 Å². The molecule has 4 unspecified atom stereocenters. The van der Waals surface area contributed by atoms with E-state index < -0.39 is 47.9 Å². The predicted octanol–water partition coefficient (Wildman–Crippen LogP) is 0.914. The molecule has 4 aromatic rings. The molecule has 0 aliphatic heterocycles. The number of aromatic amines is 2. The molecule has 2 heterocycles. The third kappa shape index (κ3) is 9.49. The summed E-state index contributed by atoms with van der Waals surface area (Å²) in [5, 5.41) is 18.9. The molecule has 0 bridgehead atoms. The Morgan fingerprint density at radius 1 is 0.800 bits per heavy atom. The van der Waals surface area contributed by atoms with Gasteiger partial charge in [0.25, 0.3) is 0 Å². The number of aromatic nitrogens is 3. The van der Waals surface area contributed by atoms with Crippen LogP contribution in [0.3, 0.4) is 0 Å². The van der Waals surface area contributed by atoms with Crippen molar-refractivity contribution in [2.24, 2.45) is 11.5 Å². The average molecular weight is 617 g/mol. The van der Waals surface area contributed by atoms with Crippen molar-refractivity contribution in [3.05, 3.63) is 90.1 Å². The molecular weight excluding hydrogens is 576 g/mol. The number of nitrogens with two attached hydrogens (primary N) is 2. The number of benzene rings is 2. The zero-order chi connectivity index (χ0) is 32.2. The minimum Gasteiger partial charge on any atom is -0.480 e. The molecule has 0 spiro atoms. The molecule has 0 saturated carbocycles. The van der Waals surface area contributed by atoms with Crippen molar-refractivity contribution < 1.29 is 24.3 Å². The normalized spacial score (nSPS) is 13.8. The van der Waals surface area contributed by atoms with Crippen LogP contribution < -0.4 is 27.4 Å². The third-order valence-corrected chi connectivity index (χ3v) is 7.55. The van der Waals surface area contributed by atoms with Gasteiger partial charge in [0.05, 0.1) is 12.4 Å². The molecule has 238 valence electrons. The second-order valence-corrected chi connectivity index (χ2v) is 10.9. The minimum absolute atomic E-state index is 0.00159. The van der Waals surface area contributed by atoms with E-state index >= 15 is 0 Å². The fraction of sp³-hybridized carbons (Fsp3) is 0.344. The van der Waals surface area contributed by atoms with E-state index in [2.05, 4.69) is 30.9 Å². The van der Waals surface area contributed by atoms with Crippen molar-refractivity contribution >= 4 is 34.6 Å². The predicted molar refractivity (Wildman–Crippen MR) is 169 cm³/mol. The fourth-order valence-electron chi connectivity index (χ4n) is 5.07. The van der Waals surface area contributed by atoms with Crippen molar-refractivity contribution in [3.8, 4) is 0 Å². The van der Waals surface area contributed by atoms with E-state index in [1.54, 1.807) is 6.20 Å². The summed E-state index contributed by atoms with van der Waals surface area (Å²) in [6.45, 7) is 0.484. The van der Waals surface area contributed by atoms with E-state index in [0.717, 1.165) is 28.5 Å². The molecule has 0 saturated heterocycles. The monoisotopic (exact) mass is 616 g/mol. The van der Waals surface area contributed by atoms with E-state index in [4.69, 9.17) is 11.5 Å². The summed E-state index contributed by atoms with van der Waals surface area (Å²) in [7, 11) is 0. The summed E-state index contributed by atoms with van der Waals surface area (Å²) < 4.78 is 0. The molecule has 2 aromatic carbocycles. The molecule has 0 fully saturated rings. The Labute approximate surface area is 260 Å². The van der Waals surface area contributed by atoms with Crippen LogP contribution in [0.1, 0.15) is 36.1 Å². The SMILES string of the molecule is NCCCCC(N)C(=O)NC(Cc1ccccc1)C(=O)NC(Cc1cnc[nH]1)C(=O)NC(Cc1c[nH]c2ccccc12)C(=O)O. The van der Waals surface area contributed by atoms with Gasteiger partial charge in [0, 0.05) is 48.3 Å². The number of carboxylic acid groups (broad SMARTS) is 1. The lowest BCUT2D eigenvalue weighted by Crippen LogP contribution is -2.58. The summed E-state index contributed by atoms with van der Waals surface area (Å²) in [5.74, 6) is -3.04. The van der Waals surface area contributed by atoms with Gasteiger partial charge >= 0.3 is 5.97 Å². The molecule has 13 heteroatoms. The molecule has 0 aliphatic carbocycles. The Hall–Kier alpha value is -5.01. The maximum atomic E-state index is 13.7. The van der Waals surface area contributed by atoms with Crippen molar-refractivity contribution in [2.45, 2.75) is 62.7 Å². The summed E-state index contributed by atoms with van der Waals surface area (Å²) >= 11 is 0. The Bertz CT molecular complexity index is 1560. The highest BCUT2D eigenvalue weighted by atomic mass is 16.4. The highest BCUT2D eigenvalue weighted by Crippen LogP contribution is 2.19. The van der Waals surface area contributed by atoms with Gasteiger partial charge in [0.2, 0.25) is 17.7 Å². The van der Waals surface area contributed by atoms with Crippen LogP contribution in [-0.2, 0) is 38.4 Å². The van der Waals surface area contributed by atoms with Crippen LogP contribution in [0.4, 0.5) is 0 Å². The lowest BCUT2D eigenvalue weighted by Gasteiger charge is -2.25. The first kappa shape index (κ1) is 32.9. The van der Waals surface area contributed by atoms with Gasteiger partial charge < -0.3 is 42.5 Å². The highest BCUT2D eigenvalue weighted by molar-refractivity contribution is 5.94. The van der Waals surface area contributed by atoms with E-state index in [0.29, 0.717) is 25.1 Å². The number of unbranched alkanes of at least 4 members (excludes halogenated alkanes) is 1. The quantitative estimate of drug-likeness (QED) is 0.0795. The minimum atomic E-state index is -1.27. The van der Waals surface area contributed by atoms with Crippen molar-refractivity contribution in [1.29, 1.82) is 0 Å². The maximum absolute atomic E-state index is 13.7. The number of carboxylic acids is 1. The van der Waals surface area contributed by atoms with Gasteiger partial charge in [-0.1, -0.05) is 55.0 Å². The number of carbonyl (C=O) groups excluding carboxylic acids is 3. The van der Waals surface area contributed by atoms with Crippen molar-refractivity contribution in [2.75, 3.05) is 6.54 Å². The van der Waals surface area contributed by atoms with Gasteiger partial charge in [0.1, 0.15) is 18.1 Å². The number of nitrogens with zero attached hydrogens (tertiary/aromatic N) is 1. The third-order valence-electron chi connectivity index (χ3n) is 7.55. The molecule has 0 aliphatic rings. The Morgan fingerprint density at radius 2 is 1.47 bits per heavy atom. The number of hydrogen-bond acceptors (Lipinski definition) is 7. The van der Waals surface area contributed by atoms with Gasteiger partial charge in [-0.15, -0.1) is 0 Å². The van der Waals surface area contributed by atoms with Crippen LogP contribution in [0.25, 0.3) is 10.9 Å². The first-order chi connectivity index (χ1) is 21.7. The van der Waals surface area contributed by atoms with Crippen LogP contribution in [0.15, 0.2) is 73.3 Å². The number of aliphatic carboxylic acids is 1. The summed E-state index contributed by atoms with van der Waals surface area (Å²) in [4.78, 5) is 62.6. The van der Waals surface area contributed by atoms with E-state index in [-0.39, 0.29) is 19.3 Å². The van der Waals surface area contributed by atoms with Gasteiger partial charge in [-0.3, -0.25) is 14.4 Å². The lowest BCUT2D eigenvalue weighted by atomic mass is 10.0. The molecule has 2 aromatic heterocycles. The topological polar surface area (TPSA) is 221 Å². The number of H-pyrrole nitrogens is 2. The van der Waals surface area contributed by atoms with E-state index in [9.17, 15) is 24.3 Å². The number of fused-ring (bicyclic) bond motifs is 1. The molecule has 45 heavy (non-hydrogen) atoms. The summed E-state index contributed by atoms with van der Waals surface area (Å²) in [5.41, 5.74) is 14.5. The van der Waals surface area contributed by atoms with Gasteiger partial charge in [0.15, 0.2) is 0 Å². The molecular formula is C32H40N8O5. The molecule has 4 atom stereocenters. The first-order valence-electron chi connectivity index (χ1n) is 14.9. The lowest BCUT2D eigenvalue weighted by molar-refractivity contribution is -0.142. The average Bonchev–Trinajstić information content (AvgIpc) is 3.70. The number of carbonyl (C=O) groups is 4. The second-order valence-electron chi connectivity index (χ2n) is 10.9. The van der Waals surface area contributed by atoms with Gasteiger partial charge in [-0.25, -0.2) is 9.78 Å². The van der Waals surface area contributed by atoms with E-state index in [1.165, 1.54) is 12.5 Å². The Balaban J connectivity index is 1.52. The smallest absolute Gasteiger partial charge is 0.326 e. The number of imidazole rings is 1. The number of hydrogen-bond donors (Lipinski definition) is 8. The maximum Gasteiger partial charge on any atom is 0.326 e. The zero-order valence-electron chi connectivity index (χ0n) is 24.9. The number of para-hydroxylation sites is 1. The Morgan fingerprint density at radius 3 is 2.16 bits per heavy atom. The van der Waals surface area contributed by atoms with Crippen LogP contribution in [0.2, 0.25) is 0 Å². The number of amides is 3. The largest absolute Gasteiger partial charge is 0.480 e. The van der Waals surface area contributed by atoms with Crippen molar-refractivity contribution in [1.82, 2.24) is 30.9 Å². The summed E-state index contributed by atoms with van der Waals surface area (Å²) in [6.07, 6.45) is 6.61. The molecule has 13 nitrogen and oxygen atoms in total. The highest BCUT2D eigenvalue weighted by Gasteiger charge is 2.31. The second kappa shape index (κ2) is 16.2. The molecule has 3 amide bonds. The first-order valence-corrected chi connectivity index (χ1v) is 14.9. The van der Waals surface area contributed by atoms with E-state index in [1.807, 2.05) is 54.6 Å². The van der Waals surface area contributed by atoms with Gasteiger partial charge in [-0.05, 0) is 36.6 Å². The molecule has 4 rings (SSSR count). The Kier molecular flexibility index (Phi) is 11.8. The van der Waals surface area contributed by atoms with Crippen LogP contribution in [0, 0.1) is 0 Å². The molecule has 0 radical (unpaired) electrons. The molecule has 10 N–H and O–H groups in total. The zero-order valence-corrected chi connectivity index (χ0v) is 24.9. The fourth-order valence-corrected chi connectivity index (χ4v) is 5.07. The standard InChI is InChI=1S/C32H40N8O5/c33-13-7-6-11-24(34)29(41)38-26(14-20-8-2-1-3-9-20)30(42)39-27(16-22-18-35-19-37-22)31(43)40-28(32(44)45)15-21-17-36-25-12-5-4-10-23(21)25/h1-5,8-10,12,17-19,24,26-28,36H,6-7,11,13-16,33-34H2,(H,35,37)(H,38,41)(H,39,42)(H,40,43)(H,44,45). The number of rotatable bonds is 17. The summed E-state index contributed by atoms with van der Waals surface area (Å²) in [6, 6.07) is 12.2. The van der Waals surface area contributed by atoms with Crippen LogP contribution in [0.5, 0.6) is 0 Å². The number of nitrogens with one attached hydrogen (secondary N) is 5. The van der Waals surface area contributed by atoms with Crippen LogP contribution >= 0.6 is 0 Å².